The van der Waals surface area contributed by atoms with E-state index in [0.29, 0.717) is 5.75 Å². The normalized spacial score (nSPS) is 11.2. The quantitative estimate of drug-likeness (QED) is 0.356. The Labute approximate surface area is 187 Å². The van der Waals surface area contributed by atoms with Crippen molar-refractivity contribution in [2.75, 3.05) is 6.61 Å². The molecule has 0 radical (unpaired) electrons. The van der Waals surface area contributed by atoms with Gasteiger partial charge in [0.2, 0.25) is 0 Å². The smallest absolute Gasteiger partial charge is 0.277 e. The van der Waals surface area contributed by atoms with Crippen LogP contribution in [-0.2, 0) is 4.79 Å². The standard InChI is InChI=1S/C26H26N4O2/c1-17-11-18(2)13-23(12-17)30-19(3)14-22(20(30)4)15-28-29-25(31)16-32-24-9-5-7-21-8-6-10-27-26(21)24/h5-15H,16H2,1-4H3,(H,29,31)/b28-15+. The number of rotatable bonds is 6. The lowest BCUT2D eigenvalue weighted by atomic mass is 10.1. The van der Waals surface area contributed by atoms with E-state index in [4.69, 9.17) is 4.74 Å². The molecule has 0 aliphatic rings. The molecule has 0 saturated heterocycles. The van der Waals surface area contributed by atoms with Crippen molar-refractivity contribution in [1.82, 2.24) is 15.0 Å². The lowest BCUT2D eigenvalue weighted by Gasteiger charge is -2.11. The van der Waals surface area contributed by atoms with Crippen molar-refractivity contribution < 1.29 is 9.53 Å². The van der Waals surface area contributed by atoms with Crippen molar-refractivity contribution in [3.05, 3.63) is 88.9 Å². The Morgan fingerprint density at radius 3 is 2.59 bits per heavy atom. The zero-order valence-corrected chi connectivity index (χ0v) is 18.7. The number of pyridine rings is 1. The number of para-hydroxylation sites is 1. The van der Waals surface area contributed by atoms with Gasteiger partial charge in [-0.3, -0.25) is 9.78 Å². The average molecular weight is 427 g/mol. The number of carbonyl (C=O) groups excluding carboxylic acids is 1. The molecule has 4 rings (SSSR count). The van der Waals surface area contributed by atoms with E-state index in [9.17, 15) is 4.79 Å². The summed E-state index contributed by atoms with van der Waals surface area (Å²) in [5.41, 5.74) is 9.94. The summed E-state index contributed by atoms with van der Waals surface area (Å²) in [6.45, 7) is 8.16. The Kier molecular flexibility index (Phi) is 6.03. The Morgan fingerprint density at radius 1 is 1.06 bits per heavy atom. The summed E-state index contributed by atoms with van der Waals surface area (Å²) in [5.74, 6) is 0.233. The third-order valence-electron chi connectivity index (χ3n) is 5.28. The summed E-state index contributed by atoms with van der Waals surface area (Å²) >= 11 is 0. The van der Waals surface area contributed by atoms with Crippen LogP contribution in [0.2, 0.25) is 0 Å². The third kappa shape index (κ3) is 4.54. The molecule has 1 N–H and O–H groups in total. The molecule has 0 aliphatic carbocycles. The summed E-state index contributed by atoms with van der Waals surface area (Å²) in [6, 6.07) is 18.0. The minimum absolute atomic E-state index is 0.144. The van der Waals surface area contributed by atoms with E-state index in [1.807, 2.05) is 31.2 Å². The van der Waals surface area contributed by atoms with Crippen molar-refractivity contribution in [3.63, 3.8) is 0 Å². The molecular formula is C26H26N4O2. The fourth-order valence-corrected chi connectivity index (χ4v) is 3.94. The zero-order chi connectivity index (χ0) is 22.7. The predicted octanol–water partition coefficient (Wildman–Crippen LogP) is 4.79. The van der Waals surface area contributed by atoms with Gasteiger partial charge in [-0.25, -0.2) is 5.43 Å². The second kappa shape index (κ2) is 9.06. The van der Waals surface area contributed by atoms with Gasteiger partial charge in [0.05, 0.1) is 6.21 Å². The second-order valence-corrected chi connectivity index (χ2v) is 7.92. The fraction of sp³-hybridized carbons (Fsp3) is 0.192. The molecule has 6 heteroatoms. The van der Waals surface area contributed by atoms with Crippen LogP contribution in [0.15, 0.2) is 65.9 Å². The molecule has 0 saturated carbocycles. The maximum absolute atomic E-state index is 12.2. The Morgan fingerprint density at radius 2 is 1.81 bits per heavy atom. The first-order chi connectivity index (χ1) is 15.4. The van der Waals surface area contributed by atoms with Crippen LogP contribution in [0.3, 0.4) is 0 Å². The molecule has 0 bridgehead atoms. The van der Waals surface area contributed by atoms with E-state index in [-0.39, 0.29) is 12.5 Å². The van der Waals surface area contributed by atoms with Crippen LogP contribution >= 0.6 is 0 Å². The monoisotopic (exact) mass is 426 g/mol. The van der Waals surface area contributed by atoms with Crippen molar-refractivity contribution in [1.29, 1.82) is 0 Å². The number of hydrogen-bond donors (Lipinski definition) is 1. The Hall–Kier alpha value is -3.93. The summed E-state index contributed by atoms with van der Waals surface area (Å²) in [7, 11) is 0. The van der Waals surface area contributed by atoms with Crippen molar-refractivity contribution in [3.8, 4) is 11.4 Å². The van der Waals surface area contributed by atoms with Crippen LogP contribution in [-0.4, -0.2) is 28.3 Å². The molecule has 4 aromatic rings. The number of nitrogens with one attached hydrogen (secondary N) is 1. The zero-order valence-electron chi connectivity index (χ0n) is 18.7. The summed E-state index contributed by atoms with van der Waals surface area (Å²) < 4.78 is 7.85. The highest BCUT2D eigenvalue weighted by atomic mass is 16.5. The number of amides is 1. The fourth-order valence-electron chi connectivity index (χ4n) is 3.94. The molecule has 2 heterocycles. The number of hydrogen-bond acceptors (Lipinski definition) is 4. The van der Waals surface area contributed by atoms with E-state index < -0.39 is 0 Å². The van der Waals surface area contributed by atoms with Gasteiger partial charge in [-0.1, -0.05) is 24.3 Å². The van der Waals surface area contributed by atoms with Gasteiger partial charge in [-0.15, -0.1) is 0 Å². The van der Waals surface area contributed by atoms with Crippen LogP contribution in [0.25, 0.3) is 16.6 Å². The van der Waals surface area contributed by atoms with E-state index in [1.165, 1.54) is 11.1 Å². The van der Waals surface area contributed by atoms with Gasteiger partial charge >= 0.3 is 0 Å². The number of aryl methyl sites for hydroxylation is 3. The predicted molar refractivity (Wildman–Crippen MR) is 128 cm³/mol. The molecular weight excluding hydrogens is 400 g/mol. The Bertz CT molecular complexity index is 1300. The van der Waals surface area contributed by atoms with Crippen LogP contribution in [0.1, 0.15) is 28.1 Å². The van der Waals surface area contributed by atoms with Gasteiger partial charge in [0.15, 0.2) is 6.61 Å². The number of carbonyl (C=O) groups is 1. The number of aromatic nitrogens is 2. The highest BCUT2D eigenvalue weighted by Crippen LogP contribution is 2.23. The van der Waals surface area contributed by atoms with Crippen LogP contribution in [0.5, 0.6) is 5.75 Å². The van der Waals surface area contributed by atoms with Gasteiger partial charge < -0.3 is 9.30 Å². The highest BCUT2D eigenvalue weighted by Gasteiger charge is 2.11. The number of benzene rings is 2. The van der Waals surface area contributed by atoms with Crippen LogP contribution < -0.4 is 10.2 Å². The first-order valence-electron chi connectivity index (χ1n) is 10.5. The molecule has 0 atom stereocenters. The number of ether oxygens (including phenoxy) is 1. The van der Waals surface area contributed by atoms with Crippen LogP contribution in [0.4, 0.5) is 0 Å². The average Bonchev–Trinajstić information content (AvgIpc) is 3.04. The summed E-state index contributed by atoms with van der Waals surface area (Å²) in [6.07, 6.45) is 3.37. The lowest BCUT2D eigenvalue weighted by molar-refractivity contribution is -0.123. The first-order valence-corrected chi connectivity index (χ1v) is 10.5. The largest absolute Gasteiger partial charge is 0.481 e. The molecule has 0 aliphatic heterocycles. The van der Waals surface area contributed by atoms with Gasteiger partial charge in [0, 0.05) is 34.2 Å². The van der Waals surface area contributed by atoms with Crippen molar-refractivity contribution in [2.45, 2.75) is 27.7 Å². The first kappa shape index (κ1) is 21.3. The molecule has 1 amide bonds. The van der Waals surface area contributed by atoms with Gasteiger partial charge in [0.1, 0.15) is 11.3 Å². The minimum Gasteiger partial charge on any atom is -0.481 e. The van der Waals surface area contributed by atoms with E-state index in [2.05, 4.69) is 65.1 Å². The highest BCUT2D eigenvalue weighted by molar-refractivity contribution is 5.86. The van der Waals surface area contributed by atoms with E-state index in [1.54, 1.807) is 18.5 Å². The Balaban J connectivity index is 1.42. The summed E-state index contributed by atoms with van der Waals surface area (Å²) in [5, 5.41) is 5.09. The molecule has 162 valence electrons. The molecule has 2 aromatic heterocycles. The SMILES string of the molecule is Cc1cc(C)cc(-n2c(C)cc(/C=N/NC(=O)COc3cccc4cccnc34)c2C)c1. The number of hydrazone groups is 1. The molecule has 32 heavy (non-hydrogen) atoms. The van der Waals surface area contributed by atoms with Gasteiger partial charge in [-0.05, 0) is 69.2 Å². The van der Waals surface area contributed by atoms with Gasteiger partial charge in [0.25, 0.3) is 5.91 Å². The van der Waals surface area contributed by atoms with E-state index >= 15 is 0 Å². The molecule has 0 spiro atoms. The number of nitrogens with zero attached hydrogens (tertiary/aromatic N) is 3. The number of fused-ring (bicyclic) bond motifs is 1. The topological polar surface area (TPSA) is 68.5 Å². The van der Waals surface area contributed by atoms with Crippen molar-refractivity contribution in [2.24, 2.45) is 5.10 Å². The molecule has 0 unspecified atom stereocenters. The van der Waals surface area contributed by atoms with Crippen LogP contribution in [0, 0.1) is 27.7 Å². The molecule has 0 fully saturated rings. The van der Waals surface area contributed by atoms with Gasteiger partial charge in [-0.2, -0.15) is 5.10 Å². The lowest BCUT2D eigenvalue weighted by Crippen LogP contribution is -2.24. The summed E-state index contributed by atoms with van der Waals surface area (Å²) in [4.78, 5) is 16.5. The third-order valence-corrected chi connectivity index (χ3v) is 5.28. The second-order valence-electron chi connectivity index (χ2n) is 7.92. The minimum atomic E-state index is -0.336. The molecule has 2 aromatic carbocycles. The molecule has 6 nitrogen and oxygen atoms in total. The maximum atomic E-state index is 12.2. The maximum Gasteiger partial charge on any atom is 0.277 e. The van der Waals surface area contributed by atoms with E-state index in [0.717, 1.165) is 33.5 Å². The van der Waals surface area contributed by atoms with Crippen molar-refractivity contribution >= 4 is 23.0 Å².